The normalized spacial score (nSPS) is 10.3. The van der Waals surface area contributed by atoms with Gasteiger partial charge in [-0.3, -0.25) is 4.79 Å². The summed E-state index contributed by atoms with van der Waals surface area (Å²) in [4.78, 5) is 12.7. The molecular formula is C15H12Cl2O2S. The number of benzene rings is 2. The molecule has 104 valence electrons. The lowest BCUT2D eigenvalue weighted by molar-refractivity contribution is -0.112. The third-order valence-corrected chi connectivity index (χ3v) is 3.88. The SMILES string of the molecule is Cc1ccc(SC(=O)COc2ccc(Cl)cc2Cl)cc1. The van der Waals surface area contributed by atoms with Gasteiger partial charge >= 0.3 is 0 Å². The first-order valence-electron chi connectivity index (χ1n) is 5.90. The Labute approximate surface area is 132 Å². The Morgan fingerprint density at radius 2 is 1.85 bits per heavy atom. The predicted octanol–water partition coefficient (Wildman–Crippen LogP) is 5.00. The Kier molecular flexibility index (Phi) is 5.35. The molecule has 2 aromatic rings. The second-order valence-corrected chi connectivity index (χ2v) is 6.13. The van der Waals surface area contributed by atoms with Crippen LogP contribution in [0.15, 0.2) is 47.4 Å². The second-order valence-electron chi connectivity index (χ2n) is 4.15. The number of carbonyl (C=O) groups is 1. The molecule has 0 amide bonds. The van der Waals surface area contributed by atoms with Gasteiger partial charge in [0.25, 0.3) is 0 Å². The smallest absolute Gasteiger partial charge is 0.231 e. The van der Waals surface area contributed by atoms with Crippen LogP contribution in [0.25, 0.3) is 0 Å². The fraction of sp³-hybridized carbons (Fsp3) is 0.133. The molecule has 0 fully saturated rings. The monoisotopic (exact) mass is 326 g/mol. The molecule has 0 aliphatic heterocycles. The first-order chi connectivity index (χ1) is 9.54. The summed E-state index contributed by atoms with van der Waals surface area (Å²) in [7, 11) is 0. The molecule has 0 saturated heterocycles. The van der Waals surface area contributed by atoms with Gasteiger partial charge in [-0.25, -0.2) is 0 Å². The molecule has 2 rings (SSSR count). The van der Waals surface area contributed by atoms with E-state index in [0.29, 0.717) is 15.8 Å². The zero-order valence-corrected chi connectivity index (χ0v) is 13.1. The summed E-state index contributed by atoms with van der Waals surface area (Å²) >= 11 is 12.9. The van der Waals surface area contributed by atoms with Crippen molar-refractivity contribution >= 4 is 40.1 Å². The molecule has 0 aromatic heterocycles. The molecule has 2 aromatic carbocycles. The van der Waals surface area contributed by atoms with E-state index in [1.807, 2.05) is 31.2 Å². The van der Waals surface area contributed by atoms with Crippen molar-refractivity contribution < 1.29 is 9.53 Å². The quantitative estimate of drug-likeness (QED) is 0.739. The van der Waals surface area contributed by atoms with E-state index in [0.717, 1.165) is 22.2 Å². The zero-order chi connectivity index (χ0) is 14.5. The molecule has 0 atom stereocenters. The van der Waals surface area contributed by atoms with Crippen LogP contribution >= 0.6 is 35.0 Å². The summed E-state index contributed by atoms with van der Waals surface area (Å²) in [5.41, 5.74) is 1.16. The fourth-order valence-corrected chi connectivity index (χ4v) is 2.61. The second kappa shape index (κ2) is 7.02. The van der Waals surface area contributed by atoms with Crippen molar-refractivity contribution in [3.8, 4) is 5.75 Å². The third kappa shape index (κ3) is 4.44. The molecule has 0 radical (unpaired) electrons. The molecular weight excluding hydrogens is 315 g/mol. The average molecular weight is 327 g/mol. The lowest BCUT2D eigenvalue weighted by Gasteiger charge is -2.07. The van der Waals surface area contributed by atoms with Gasteiger partial charge in [0.1, 0.15) is 5.75 Å². The number of halogens is 2. The minimum absolute atomic E-state index is 0.0418. The molecule has 0 unspecified atom stereocenters. The Hall–Kier alpha value is -1.16. The number of rotatable bonds is 4. The number of thioether (sulfide) groups is 1. The van der Waals surface area contributed by atoms with Crippen LogP contribution in [0.4, 0.5) is 0 Å². The van der Waals surface area contributed by atoms with Gasteiger partial charge in [0.2, 0.25) is 5.12 Å². The summed E-state index contributed by atoms with van der Waals surface area (Å²) < 4.78 is 5.39. The molecule has 0 aliphatic rings. The van der Waals surface area contributed by atoms with Gasteiger partial charge in [-0.05, 0) is 49.0 Å². The molecule has 0 saturated carbocycles. The maximum atomic E-state index is 11.8. The van der Waals surface area contributed by atoms with Gasteiger partial charge in [0, 0.05) is 9.92 Å². The van der Waals surface area contributed by atoms with Crippen molar-refractivity contribution in [3.05, 3.63) is 58.1 Å². The third-order valence-electron chi connectivity index (χ3n) is 2.49. The summed E-state index contributed by atoms with van der Waals surface area (Å²) in [5.74, 6) is 0.453. The topological polar surface area (TPSA) is 26.3 Å². The van der Waals surface area contributed by atoms with Crippen molar-refractivity contribution in [1.29, 1.82) is 0 Å². The van der Waals surface area contributed by atoms with E-state index < -0.39 is 0 Å². The van der Waals surface area contributed by atoms with E-state index in [-0.39, 0.29) is 11.7 Å². The van der Waals surface area contributed by atoms with E-state index in [1.54, 1.807) is 18.2 Å². The van der Waals surface area contributed by atoms with Crippen LogP contribution in [-0.4, -0.2) is 11.7 Å². The Morgan fingerprint density at radius 3 is 2.50 bits per heavy atom. The summed E-state index contributed by atoms with van der Waals surface area (Å²) in [6.07, 6.45) is 0. The van der Waals surface area contributed by atoms with E-state index in [9.17, 15) is 4.79 Å². The van der Waals surface area contributed by atoms with E-state index in [2.05, 4.69) is 0 Å². The molecule has 20 heavy (non-hydrogen) atoms. The summed E-state index contributed by atoms with van der Waals surface area (Å²) in [6, 6.07) is 12.6. The summed E-state index contributed by atoms with van der Waals surface area (Å²) in [5, 5.41) is 0.841. The fourth-order valence-electron chi connectivity index (χ4n) is 1.50. The highest BCUT2D eigenvalue weighted by Crippen LogP contribution is 2.28. The Morgan fingerprint density at radius 1 is 1.15 bits per heavy atom. The number of hydrogen-bond donors (Lipinski definition) is 0. The van der Waals surface area contributed by atoms with Crippen LogP contribution in [0, 0.1) is 6.92 Å². The number of carbonyl (C=O) groups excluding carboxylic acids is 1. The largest absolute Gasteiger partial charge is 0.483 e. The number of hydrogen-bond acceptors (Lipinski definition) is 3. The van der Waals surface area contributed by atoms with Crippen LogP contribution in [-0.2, 0) is 4.79 Å². The predicted molar refractivity (Wildman–Crippen MR) is 84.0 cm³/mol. The standard InChI is InChI=1S/C15H12Cl2O2S/c1-10-2-5-12(6-3-10)20-15(18)9-19-14-7-4-11(16)8-13(14)17/h2-8H,9H2,1H3. The Bertz CT molecular complexity index is 612. The van der Waals surface area contributed by atoms with Gasteiger partial charge in [0.15, 0.2) is 6.61 Å². The number of ether oxygens (including phenoxy) is 1. The lowest BCUT2D eigenvalue weighted by Crippen LogP contribution is -2.07. The van der Waals surface area contributed by atoms with Crippen molar-refractivity contribution in [1.82, 2.24) is 0 Å². The zero-order valence-electron chi connectivity index (χ0n) is 10.7. The van der Waals surface area contributed by atoms with Crippen molar-refractivity contribution in [2.75, 3.05) is 6.61 Å². The van der Waals surface area contributed by atoms with E-state index in [1.165, 1.54) is 0 Å². The minimum Gasteiger partial charge on any atom is -0.483 e. The Balaban J connectivity index is 1.90. The molecule has 0 aliphatic carbocycles. The van der Waals surface area contributed by atoms with Crippen LogP contribution < -0.4 is 4.74 Å². The van der Waals surface area contributed by atoms with Crippen molar-refractivity contribution in [2.45, 2.75) is 11.8 Å². The highest BCUT2D eigenvalue weighted by atomic mass is 35.5. The van der Waals surface area contributed by atoms with Crippen molar-refractivity contribution in [3.63, 3.8) is 0 Å². The van der Waals surface area contributed by atoms with Gasteiger partial charge in [-0.1, -0.05) is 40.9 Å². The van der Waals surface area contributed by atoms with Crippen molar-refractivity contribution in [2.24, 2.45) is 0 Å². The minimum atomic E-state index is -0.0835. The van der Waals surface area contributed by atoms with E-state index in [4.69, 9.17) is 27.9 Å². The molecule has 0 bridgehead atoms. The molecule has 0 heterocycles. The maximum Gasteiger partial charge on any atom is 0.231 e. The highest BCUT2D eigenvalue weighted by molar-refractivity contribution is 8.13. The lowest BCUT2D eigenvalue weighted by atomic mass is 10.2. The van der Waals surface area contributed by atoms with Crippen LogP contribution in [0.5, 0.6) is 5.75 Å². The number of aryl methyl sites for hydroxylation is 1. The molecule has 5 heteroatoms. The van der Waals surface area contributed by atoms with E-state index >= 15 is 0 Å². The van der Waals surface area contributed by atoms with Crippen LogP contribution in [0.1, 0.15) is 5.56 Å². The maximum absolute atomic E-state index is 11.8. The average Bonchev–Trinajstić information content (AvgIpc) is 2.40. The van der Waals surface area contributed by atoms with Gasteiger partial charge in [-0.15, -0.1) is 0 Å². The first kappa shape index (κ1) is 15.2. The summed E-state index contributed by atoms with van der Waals surface area (Å²) in [6.45, 7) is 1.96. The van der Waals surface area contributed by atoms with Gasteiger partial charge in [0.05, 0.1) is 5.02 Å². The highest BCUT2D eigenvalue weighted by Gasteiger charge is 2.08. The van der Waals surface area contributed by atoms with Crippen LogP contribution in [0.2, 0.25) is 10.0 Å². The molecule has 0 spiro atoms. The molecule has 0 N–H and O–H groups in total. The molecule has 2 nitrogen and oxygen atoms in total. The first-order valence-corrected chi connectivity index (χ1v) is 7.47. The van der Waals surface area contributed by atoms with Crippen LogP contribution in [0.3, 0.4) is 0 Å². The van der Waals surface area contributed by atoms with Gasteiger partial charge in [-0.2, -0.15) is 0 Å². The van der Waals surface area contributed by atoms with Gasteiger partial charge < -0.3 is 4.74 Å².